The second-order valence-electron chi connectivity index (χ2n) is 5.39. The molecule has 0 aromatic heterocycles. The van der Waals surface area contributed by atoms with E-state index in [-0.39, 0.29) is 0 Å². The molecule has 1 atom stereocenters. The Kier molecular flexibility index (Phi) is 4.22. The molecule has 2 rings (SSSR count). The van der Waals surface area contributed by atoms with Gasteiger partial charge < -0.3 is 10.4 Å². The molecular weight excluding hydrogens is 240 g/mol. The zero-order valence-electron chi connectivity index (χ0n) is 11.9. The number of rotatable bonds is 3. The zero-order valence-corrected chi connectivity index (χ0v) is 11.9. The third-order valence-corrected chi connectivity index (χ3v) is 3.97. The van der Waals surface area contributed by atoms with Crippen LogP contribution in [0.3, 0.4) is 0 Å². The Balaban J connectivity index is 2.19. The van der Waals surface area contributed by atoms with Crippen LogP contribution in [-0.2, 0) is 11.3 Å². The lowest BCUT2D eigenvalue weighted by Gasteiger charge is -2.33. The maximum absolute atomic E-state index is 11.3. The fourth-order valence-corrected chi connectivity index (χ4v) is 2.59. The first-order chi connectivity index (χ1) is 8.99. The molecule has 0 spiro atoms. The number of nitrogens with one attached hydrogen (secondary N) is 1. The monoisotopic (exact) mass is 262 g/mol. The molecule has 0 aliphatic carbocycles. The van der Waals surface area contributed by atoms with Gasteiger partial charge in [0.15, 0.2) is 0 Å². The van der Waals surface area contributed by atoms with Gasteiger partial charge in [-0.3, -0.25) is 9.69 Å². The van der Waals surface area contributed by atoms with E-state index >= 15 is 0 Å². The van der Waals surface area contributed by atoms with E-state index in [1.165, 1.54) is 22.3 Å². The topological polar surface area (TPSA) is 52.6 Å². The molecule has 0 bridgehead atoms. The molecule has 1 heterocycles. The summed E-state index contributed by atoms with van der Waals surface area (Å²) in [7, 11) is 0. The van der Waals surface area contributed by atoms with Crippen molar-refractivity contribution in [3.05, 3.63) is 34.4 Å². The minimum absolute atomic E-state index is 0.422. The van der Waals surface area contributed by atoms with Crippen LogP contribution < -0.4 is 5.32 Å². The van der Waals surface area contributed by atoms with E-state index < -0.39 is 12.0 Å². The number of aliphatic carboxylic acids is 1. The first-order valence-corrected chi connectivity index (χ1v) is 6.73. The first kappa shape index (κ1) is 14.0. The highest BCUT2D eigenvalue weighted by Crippen LogP contribution is 2.18. The van der Waals surface area contributed by atoms with Crippen molar-refractivity contribution < 1.29 is 9.90 Å². The van der Waals surface area contributed by atoms with Crippen LogP contribution in [0.25, 0.3) is 0 Å². The molecule has 4 heteroatoms. The summed E-state index contributed by atoms with van der Waals surface area (Å²) in [5.41, 5.74) is 5.03. The number of hydrogen-bond acceptors (Lipinski definition) is 3. The average Bonchev–Trinajstić information content (AvgIpc) is 2.36. The Bertz CT molecular complexity index is 485. The summed E-state index contributed by atoms with van der Waals surface area (Å²) >= 11 is 0. The van der Waals surface area contributed by atoms with E-state index in [0.29, 0.717) is 13.1 Å². The largest absolute Gasteiger partial charge is 0.480 e. The number of aryl methyl sites for hydroxylation is 3. The molecule has 104 valence electrons. The number of carbonyl (C=O) groups is 1. The second-order valence-corrected chi connectivity index (χ2v) is 5.39. The van der Waals surface area contributed by atoms with Gasteiger partial charge >= 0.3 is 5.97 Å². The van der Waals surface area contributed by atoms with Crippen LogP contribution in [0.15, 0.2) is 12.1 Å². The standard InChI is InChI=1S/C15H22N2O2/c1-10-6-12(3)13(7-11(10)2)9-17-5-4-16-8-14(17)15(18)19/h6-7,14,16H,4-5,8-9H2,1-3H3,(H,18,19). The summed E-state index contributed by atoms with van der Waals surface area (Å²) in [4.78, 5) is 13.3. The van der Waals surface area contributed by atoms with Crippen LogP contribution in [0.4, 0.5) is 0 Å². The highest BCUT2D eigenvalue weighted by atomic mass is 16.4. The van der Waals surface area contributed by atoms with Crippen LogP contribution in [0.1, 0.15) is 22.3 Å². The van der Waals surface area contributed by atoms with Gasteiger partial charge in [-0.1, -0.05) is 12.1 Å². The fourth-order valence-electron chi connectivity index (χ4n) is 2.59. The van der Waals surface area contributed by atoms with Crippen molar-refractivity contribution in [2.75, 3.05) is 19.6 Å². The molecule has 1 fully saturated rings. The number of carboxylic acid groups (broad SMARTS) is 1. The summed E-state index contributed by atoms with van der Waals surface area (Å²) in [6, 6.07) is 3.95. The molecule has 1 aromatic carbocycles. The molecule has 1 aliphatic heterocycles. The normalized spacial score (nSPS) is 20.5. The SMILES string of the molecule is Cc1cc(C)c(CN2CCNCC2C(=O)O)cc1C. The quantitative estimate of drug-likeness (QED) is 0.866. The Morgan fingerprint density at radius 3 is 2.68 bits per heavy atom. The lowest BCUT2D eigenvalue weighted by Crippen LogP contribution is -2.54. The predicted octanol–water partition coefficient (Wildman–Crippen LogP) is 1.47. The molecule has 19 heavy (non-hydrogen) atoms. The van der Waals surface area contributed by atoms with Crippen LogP contribution in [0, 0.1) is 20.8 Å². The van der Waals surface area contributed by atoms with Crippen molar-refractivity contribution in [2.45, 2.75) is 33.4 Å². The van der Waals surface area contributed by atoms with Crippen molar-refractivity contribution in [2.24, 2.45) is 0 Å². The van der Waals surface area contributed by atoms with Crippen molar-refractivity contribution in [1.82, 2.24) is 10.2 Å². The van der Waals surface area contributed by atoms with E-state index in [1.54, 1.807) is 0 Å². The van der Waals surface area contributed by atoms with E-state index in [1.807, 2.05) is 0 Å². The van der Waals surface area contributed by atoms with Gasteiger partial charge in [0.1, 0.15) is 6.04 Å². The summed E-state index contributed by atoms with van der Waals surface area (Å²) in [6.45, 7) is 9.18. The fraction of sp³-hybridized carbons (Fsp3) is 0.533. The van der Waals surface area contributed by atoms with Gasteiger partial charge in [0.05, 0.1) is 0 Å². The van der Waals surface area contributed by atoms with Crippen molar-refractivity contribution >= 4 is 5.97 Å². The maximum atomic E-state index is 11.3. The lowest BCUT2D eigenvalue weighted by atomic mass is 10.00. The molecule has 1 aliphatic rings. The molecule has 1 unspecified atom stereocenters. The van der Waals surface area contributed by atoms with E-state index in [2.05, 4.69) is 43.1 Å². The maximum Gasteiger partial charge on any atom is 0.322 e. The molecule has 0 amide bonds. The average molecular weight is 262 g/mol. The third-order valence-electron chi connectivity index (χ3n) is 3.97. The first-order valence-electron chi connectivity index (χ1n) is 6.73. The highest BCUT2D eigenvalue weighted by molar-refractivity contribution is 5.74. The number of nitrogens with zero attached hydrogens (tertiary/aromatic N) is 1. The van der Waals surface area contributed by atoms with E-state index in [0.717, 1.165) is 13.1 Å². The Hall–Kier alpha value is -1.39. The zero-order chi connectivity index (χ0) is 14.0. The van der Waals surface area contributed by atoms with Gasteiger partial charge in [0.25, 0.3) is 0 Å². The highest BCUT2D eigenvalue weighted by Gasteiger charge is 2.28. The minimum Gasteiger partial charge on any atom is -0.480 e. The smallest absolute Gasteiger partial charge is 0.322 e. The number of benzene rings is 1. The van der Waals surface area contributed by atoms with Crippen LogP contribution in [0.2, 0.25) is 0 Å². The van der Waals surface area contributed by atoms with Gasteiger partial charge in [-0.25, -0.2) is 0 Å². The molecule has 0 radical (unpaired) electrons. The number of piperazine rings is 1. The molecule has 0 saturated carbocycles. The number of carboxylic acids is 1. The summed E-state index contributed by atoms with van der Waals surface area (Å²) in [6.07, 6.45) is 0. The van der Waals surface area contributed by atoms with Crippen LogP contribution >= 0.6 is 0 Å². The van der Waals surface area contributed by atoms with Crippen LogP contribution in [0.5, 0.6) is 0 Å². The Morgan fingerprint density at radius 2 is 2.00 bits per heavy atom. The minimum atomic E-state index is -0.742. The summed E-state index contributed by atoms with van der Waals surface area (Å²) < 4.78 is 0. The summed E-state index contributed by atoms with van der Waals surface area (Å²) in [5, 5.41) is 12.4. The molecular formula is C15H22N2O2. The van der Waals surface area contributed by atoms with Crippen molar-refractivity contribution in [3.8, 4) is 0 Å². The van der Waals surface area contributed by atoms with Gasteiger partial charge in [-0.05, 0) is 43.0 Å². The predicted molar refractivity (Wildman–Crippen MR) is 75.4 cm³/mol. The Labute approximate surface area is 114 Å². The molecule has 1 saturated heterocycles. The van der Waals surface area contributed by atoms with Crippen molar-refractivity contribution in [3.63, 3.8) is 0 Å². The third kappa shape index (κ3) is 3.14. The van der Waals surface area contributed by atoms with Crippen molar-refractivity contribution in [1.29, 1.82) is 0 Å². The van der Waals surface area contributed by atoms with Crippen LogP contribution in [-0.4, -0.2) is 41.7 Å². The number of hydrogen-bond donors (Lipinski definition) is 2. The van der Waals surface area contributed by atoms with E-state index in [4.69, 9.17) is 0 Å². The second kappa shape index (κ2) is 5.72. The van der Waals surface area contributed by atoms with Gasteiger partial charge in [-0.2, -0.15) is 0 Å². The molecule has 4 nitrogen and oxygen atoms in total. The summed E-state index contributed by atoms with van der Waals surface area (Å²) in [5.74, 6) is -0.742. The van der Waals surface area contributed by atoms with Gasteiger partial charge in [-0.15, -0.1) is 0 Å². The Morgan fingerprint density at radius 1 is 1.32 bits per heavy atom. The lowest BCUT2D eigenvalue weighted by molar-refractivity contribution is -0.144. The van der Waals surface area contributed by atoms with E-state index in [9.17, 15) is 9.90 Å². The molecule has 2 N–H and O–H groups in total. The van der Waals surface area contributed by atoms with Gasteiger partial charge in [0, 0.05) is 26.2 Å². The van der Waals surface area contributed by atoms with Gasteiger partial charge in [0.2, 0.25) is 0 Å². The molecule has 1 aromatic rings.